The Kier molecular flexibility index (Phi) is 2.88. The highest BCUT2D eigenvalue weighted by molar-refractivity contribution is 5.95. The Bertz CT molecular complexity index is 373. The van der Waals surface area contributed by atoms with Gasteiger partial charge in [0.15, 0.2) is 17.4 Å². The highest BCUT2D eigenvalue weighted by Gasteiger charge is 2.23. The average molecular weight is 206 g/mol. The second-order valence-electron chi connectivity index (χ2n) is 2.68. The Morgan fingerprint density at radius 3 is 2.29 bits per heavy atom. The van der Waals surface area contributed by atoms with E-state index in [1.165, 1.54) is 0 Å². The summed E-state index contributed by atoms with van der Waals surface area (Å²) in [5, 5.41) is 0. The molecule has 0 radical (unpaired) electrons. The maximum atomic E-state index is 12.9. The molecular weight excluding hydrogens is 200 g/mol. The van der Waals surface area contributed by atoms with Gasteiger partial charge in [-0.1, -0.05) is 0 Å². The highest BCUT2D eigenvalue weighted by Crippen LogP contribution is 2.27. The number of hydrogen-bond donors (Lipinski definition) is 0. The first-order valence-electron chi connectivity index (χ1n) is 3.72. The molecule has 76 valence electrons. The fraction of sp³-hybridized carbons (Fsp3) is 0.222. The highest BCUT2D eigenvalue weighted by atomic mass is 19.3. The minimum absolute atomic E-state index is 0.487. The molecule has 1 rings (SSSR count). The third-order valence-corrected chi connectivity index (χ3v) is 1.73. The zero-order chi connectivity index (χ0) is 10.9. The standard InChI is InChI=1S/C9H6F4O/c1-4(14)5-2-3-6(10)8(11)7(5)9(12)13/h2-3,9H,1H3. The van der Waals surface area contributed by atoms with Crippen molar-refractivity contribution in [2.45, 2.75) is 13.3 Å². The van der Waals surface area contributed by atoms with Crippen molar-refractivity contribution in [3.63, 3.8) is 0 Å². The van der Waals surface area contributed by atoms with Gasteiger partial charge < -0.3 is 0 Å². The molecule has 0 unspecified atom stereocenters. The number of alkyl halides is 2. The van der Waals surface area contributed by atoms with Crippen LogP contribution in [0.2, 0.25) is 0 Å². The summed E-state index contributed by atoms with van der Waals surface area (Å²) in [4.78, 5) is 10.8. The molecule has 5 heteroatoms. The molecule has 0 aliphatic heterocycles. The first-order valence-corrected chi connectivity index (χ1v) is 3.72. The van der Waals surface area contributed by atoms with Crippen LogP contribution in [-0.2, 0) is 0 Å². The number of benzene rings is 1. The molecule has 0 bridgehead atoms. The molecule has 0 atom stereocenters. The van der Waals surface area contributed by atoms with Crippen LogP contribution in [-0.4, -0.2) is 5.78 Å². The molecule has 0 aliphatic carbocycles. The molecule has 0 spiro atoms. The Balaban J connectivity index is 3.45. The summed E-state index contributed by atoms with van der Waals surface area (Å²) in [5.41, 5.74) is -1.66. The molecule has 0 saturated carbocycles. The van der Waals surface area contributed by atoms with Crippen molar-refractivity contribution < 1.29 is 22.4 Å². The zero-order valence-corrected chi connectivity index (χ0v) is 7.15. The molecule has 0 aliphatic rings. The topological polar surface area (TPSA) is 17.1 Å². The van der Waals surface area contributed by atoms with Crippen LogP contribution in [0.4, 0.5) is 17.6 Å². The number of halogens is 4. The summed E-state index contributed by atoms with van der Waals surface area (Å²) in [6.07, 6.45) is -3.20. The normalized spacial score (nSPS) is 10.7. The van der Waals surface area contributed by atoms with E-state index < -0.39 is 35.0 Å². The predicted molar refractivity (Wildman–Crippen MR) is 41.3 cm³/mol. The van der Waals surface area contributed by atoms with E-state index in [0.717, 1.165) is 13.0 Å². The van der Waals surface area contributed by atoms with Gasteiger partial charge in [0, 0.05) is 5.56 Å². The maximum absolute atomic E-state index is 12.9. The van der Waals surface area contributed by atoms with Gasteiger partial charge in [-0.05, 0) is 19.1 Å². The summed E-state index contributed by atoms with van der Waals surface area (Å²) in [7, 11) is 0. The lowest BCUT2D eigenvalue weighted by Crippen LogP contribution is -2.05. The maximum Gasteiger partial charge on any atom is 0.267 e. The lowest BCUT2D eigenvalue weighted by atomic mass is 10.0. The minimum atomic E-state index is -3.20. The van der Waals surface area contributed by atoms with E-state index in [-0.39, 0.29) is 0 Å². The van der Waals surface area contributed by atoms with Crippen LogP contribution in [0.3, 0.4) is 0 Å². The fourth-order valence-electron chi connectivity index (χ4n) is 1.09. The Morgan fingerprint density at radius 2 is 1.86 bits per heavy atom. The Labute approximate surface area is 77.3 Å². The molecule has 0 fully saturated rings. The van der Waals surface area contributed by atoms with Gasteiger partial charge in [0.25, 0.3) is 6.43 Å². The Hall–Kier alpha value is -1.39. The van der Waals surface area contributed by atoms with Gasteiger partial charge >= 0.3 is 0 Å². The quantitative estimate of drug-likeness (QED) is 0.536. The van der Waals surface area contributed by atoms with Crippen molar-refractivity contribution in [1.29, 1.82) is 0 Å². The molecule has 1 aromatic rings. The monoisotopic (exact) mass is 206 g/mol. The van der Waals surface area contributed by atoms with Crippen LogP contribution >= 0.6 is 0 Å². The van der Waals surface area contributed by atoms with Crippen molar-refractivity contribution in [2.75, 3.05) is 0 Å². The average Bonchev–Trinajstić information content (AvgIpc) is 2.08. The summed E-state index contributed by atoms with van der Waals surface area (Å²) < 4.78 is 50.0. The second-order valence-corrected chi connectivity index (χ2v) is 2.68. The van der Waals surface area contributed by atoms with Crippen LogP contribution in [0.1, 0.15) is 29.3 Å². The lowest BCUT2D eigenvalue weighted by Gasteiger charge is -2.07. The number of Topliss-reactive ketones (excluding diaryl/α,β-unsaturated/α-hetero) is 1. The van der Waals surface area contributed by atoms with Gasteiger partial charge in [-0.2, -0.15) is 0 Å². The van der Waals surface area contributed by atoms with Crippen molar-refractivity contribution in [3.8, 4) is 0 Å². The van der Waals surface area contributed by atoms with E-state index >= 15 is 0 Å². The van der Waals surface area contributed by atoms with Crippen molar-refractivity contribution in [1.82, 2.24) is 0 Å². The van der Waals surface area contributed by atoms with E-state index in [1.54, 1.807) is 0 Å². The molecule has 0 heterocycles. The molecular formula is C9H6F4O. The van der Waals surface area contributed by atoms with Crippen LogP contribution in [0.15, 0.2) is 12.1 Å². The van der Waals surface area contributed by atoms with Crippen LogP contribution in [0.25, 0.3) is 0 Å². The van der Waals surface area contributed by atoms with Gasteiger partial charge in [-0.3, -0.25) is 4.79 Å². The van der Waals surface area contributed by atoms with E-state index in [4.69, 9.17) is 0 Å². The third-order valence-electron chi connectivity index (χ3n) is 1.73. The van der Waals surface area contributed by atoms with E-state index in [9.17, 15) is 22.4 Å². The SMILES string of the molecule is CC(=O)c1ccc(F)c(F)c1C(F)F. The van der Waals surface area contributed by atoms with Gasteiger partial charge in [0.05, 0.1) is 5.56 Å². The summed E-state index contributed by atoms with van der Waals surface area (Å²) in [5.74, 6) is -3.77. The zero-order valence-electron chi connectivity index (χ0n) is 7.15. The smallest absolute Gasteiger partial charge is 0.267 e. The molecule has 0 aromatic heterocycles. The lowest BCUT2D eigenvalue weighted by molar-refractivity contribution is 0.0995. The van der Waals surface area contributed by atoms with Crippen LogP contribution in [0, 0.1) is 11.6 Å². The second kappa shape index (κ2) is 3.77. The fourth-order valence-corrected chi connectivity index (χ4v) is 1.09. The Morgan fingerprint density at radius 1 is 1.29 bits per heavy atom. The van der Waals surface area contributed by atoms with Gasteiger partial charge in [-0.15, -0.1) is 0 Å². The number of rotatable bonds is 2. The van der Waals surface area contributed by atoms with Gasteiger partial charge in [0.2, 0.25) is 0 Å². The van der Waals surface area contributed by atoms with Crippen LogP contribution in [0.5, 0.6) is 0 Å². The molecule has 0 N–H and O–H groups in total. The van der Waals surface area contributed by atoms with E-state index in [2.05, 4.69) is 0 Å². The first kappa shape index (κ1) is 10.7. The first-order chi connectivity index (χ1) is 6.45. The minimum Gasteiger partial charge on any atom is -0.294 e. The summed E-state index contributed by atoms with van der Waals surface area (Å²) in [6.45, 7) is 1.01. The van der Waals surface area contributed by atoms with E-state index in [1.807, 2.05) is 0 Å². The third kappa shape index (κ3) is 1.76. The van der Waals surface area contributed by atoms with Crippen LogP contribution < -0.4 is 0 Å². The molecule has 1 nitrogen and oxygen atoms in total. The number of carbonyl (C=O) groups excluding carboxylic acids is 1. The van der Waals surface area contributed by atoms with E-state index in [0.29, 0.717) is 6.07 Å². The number of ketones is 1. The predicted octanol–water partition coefficient (Wildman–Crippen LogP) is 3.11. The van der Waals surface area contributed by atoms with Gasteiger partial charge in [-0.25, -0.2) is 17.6 Å². The van der Waals surface area contributed by atoms with Crippen molar-refractivity contribution >= 4 is 5.78 Å². The van der Waals surface area contributed by atoms with Gasteiger partial charge in [0.1, 0.15) is 0 Å². The van der Waals surface area contributed by atoms with Crippen molar-refractivity contribution in [2.24, 2.45) is 0 Å². The number of hydrogen-bond acceptors (Lipinski definition) is 1. The molecule has 0 saturated heterocycles. The molecule has 14 heavy (non-hydrogen) atoms. The summed E-state index contributed by atoms with van der Waals surface area (Å²) >= 11 is 0. The molecule has 0 amide bonds. The molecule has 1 aromatic carbocycles. The largest absolute Gasteiger partial charge is 0.294 e. The number of carbonyl (C=O) groups is 1. The summed E-state index contributed by atoms with van der Waals surface area (Å²) in [6, 6.07) is 1.50. The van der Waals surface area contributed by atoms with Crippen molar-refractivity contribution in [3.05, 3.63) is 34.9 Å².